The zero-order chi connectivity index (χ0) is 13.3. The minimum atomic E-state index is 0.373. The molecule has 0 saturated carbocycles. The predicted octanol–water partition coefficient (Wildman–Crippen LogP) is 4.85. The maximum Gasteiger partial charge on any atom is 0.226 e. The molecule has 18 heavy (non-hydrogen) atoms. The van der Waals surface area contributed by atoms with Gasteiger partial charge in [0.15, 0.2) is 0 Å². The Kier molecular flexibility index (Phi) is 3.95. The van der Waals surface area contributed by atoms with Crippen molar-refractivity contribution in [3.8, 4) is 11.6 Å². The quantitative estimate of drug-likeness (QED) is 0.744. The zero-order valence-electron chi connectivity index (χ0n) is 9.67. The first-order valence-corrected chi connectivity index (χ1v) is 6.24. The van der Waals surface area contributed by atoms with E-state index in [1.165, 1.54) is 0 Å². The van der Waals surface area contributed by atoms with Crippen LogP contribution in [0.4, 0.5) is 0 Å². The number of aryl methyl sites for hydroxylation is 1. The first-order chi connectivity index (χ1) is 8.47. The van der Waals surface area contributed by atoms with Gasteiger partial charge in [-0.15, -0.1) is 0 Å². The Balaban J connectivity index is 2.36. The van der Waals surface area contributed by atoms with Crippen molar-refractivity contribution in [3.05, 3.63) is 44.8 Å². The molecule has 94 valence electrons. The van der Waals surface area contributed by atoms with E-state index in [1.807, 2.05) is 0 Å². The average molecular weight is 304 g/mol. The van der Waals surface area contributed by atoms with E-state index < -0.39 is 0 Å². The maximum absolute atomic E-state index is 5.96. The van der Waals surface area contributed by atoms with E-state index in [0.29, 0.717) is 38.2 Å². The number of ether oxygens (including phenoxy) is 1. The predicted molar refractivity (Wildman–Crippen MR) is 73.1 cm³/mol. The van der Waals surface area contributed by atoms with Crippen molar-refractivity contribution in [1.82, 2.24) is 9.97 Å². The molecule has 0 amide bonds. The highest BCUT2D eigenvalue weighted by molar-refractivity contribution is 6.42. The smallest absolute Gasteiger partial charge is 0.226 e. The van der Waals surface area contributed by atoms with Crippen LogP contribution in [0.1, 0.15) is 11.4 Å². The summed E-state index contributed by atoms with van der Waals surface area (Å²) < 4.78 is 5.63. The van der Waals surface area contributed by atoms with Crippen LogP contribution in [0.25, 0.3) is 0 Å². The van der Waals surface area contributed by atoms with Crippen molar-refractivity contribution in [1.29, 1.82) is 0 Å². The van der Waals surface area contributed by atoms with Gasteiger partial charge in [-0.25, -0.2) is 4.98 Å². The SMILES string of the molecule is Cc1nc(Cl)c(C)c(Oc2ccc(Cl)c(Cl)c2)n1. The highest BCUT2D eigenvalue weighted by Crippen LogP contribution is 2.31. The molecule has 0 unspecified atom stereocenters. The van der Waals surface area contributed by atoms with Crippen LogP contribution in [0.3, 0.4) is 0 Å². The summed E-state index contributed by atoms with van der Waals surface area (Å²) in [4.78, 5) is 8.22. The standard InChI is InChI=1S/C12H9Cl3N2O/c1-6-11(15)16-7(2)17-12(6)18-8-3-4-9(13)10(14)5-8/h3-5H,1-2H3. The van der Waals surface area contributed by atoms with Gasteiger partial charge in [0.2, 0.25) is 5.88 Å². The molecule has 0 saturated heterocycles. The van der Waals surface area contributed by atoms with E-state index >= 15 is 0 Å². The molecule has 0 N–H and O–H groups in total. The van der Waals surface area contributed by atoms with E-state index in [9.17, 15) is 0 Å². The Morgan fingerprint density at radius 2 is 1.72 bits per heavy atom. The molecule has 1 aromatic heterocycles. The van der Waals surface area contributed by atoms with Crippen LogP contribution in [0.5, 0.6) is 11.6 Å². The van der Waals surface area contributed by atoms with Gasteiger partial charge in [-0.1, -0.05) is 34.8 Å². The zero-order valence-corrected chi connectivity index (χ0v) is 11.9. The number of aromatic nitrogens is 2. The third-order valence-corrected chi connectivity index (χ3v) is 3.37. The van der Waals surface area contributed by atoms with Gasteiger partial charge in [-0.3, -0.25) is 0 Å². The summed E-state index contributed by atoms with van der Waals surface area (Å²) in [5, 5.41) is 1.26. The summed E-state index contributed by atoms with van der Waals surface area (Å²) in [5.74, 6) is 1.49. The maximum atomic E-state index is 5.96. The monoisotopic (exact) mass is 302 g/mol. The molecule has 0 aliphatic carbocycles. The highest BCUT2D eigenvalue weighted by atomic mass is 35.5. The van der Waals surface area contributed by atoms with Gasteiger partial charge in [-0.05, 0) is 26.0 Å². The Hall–Kier alpha value is -1.03. The molecule has 6 heteroatoms. The number of hydrogen-bond donors (Lipinski definition) is 0. The van der Waals surface area contributed by atoms with E-state index in [0.717, 1.165) is 0 Å². The normalized spacial score (nSPS) is 10.5. The number of nitrogens with zero attached hydrogens (tertiary/aromatic N) is 2. The fraction of sp³-hybridized carbons (Fsp3) is 0.167. The highest BCUT2D eigenvalue weighted by Gasteiger charge is 2.10. The molecular weight excluding hydrogens is 295 g/mol. The third-order valence-electron chi connectivity index (χ3n) is 2.26. The number of rotatable bonds is 2. The van der Waals surface area contributed by atoms with E-state index in [2.05, 4.69) is 9.97 Å². The minimum absolute atomic E-state index is 0.373. The minimum Gasteiger partial charge on any atom is -0.439 e. The fourth-order valence-electron chi connectivity index (χ4n) is 1.32. The molecule has 0 radical (unpaired) electrons. The molecule has 0 spiro atoms. The van der Waals surface area contributed by atoms with Gasteiger partial charge in [0.1, 0.15) is 16.7 Å². The van der Waals surface area contributed by atoms with Crippen LogP contribution in [0.2, 0.25) is 15.2 Å². The summed E-state index contributed by atoms with van der Waals surface area (Å²) in [6.45, 7) is 3.53. The lowest BCUT2D eigenvalue weighted by Gasteiger charge is -2.09. The van der Waals surface area contributed by atoms with Crippen LogP contribution < -0.4 is 4.74 Å². The summed E-state index contributed by atoms with van der Waals surface area (Å²) in [5.41, 5.74) is 0.674. The fourth-order valence-corrected chi connectivity index (χ4v) is 1.81. The lowest BCUT2D eigenvalue weighted by Crippen LogP contribution is -1.97. The van der Waals surface area contributed by atoms with Crippen molar-refractivity contribution in [3.63, 3.8) is 0 Å². The van der Waals surface area contributed by atoms with Gasteiger partial charge in [-0.2, -0.15) is 4.98 Å². The first-order valence-electron chi connectivity index (χ1n) is 5.11. The molecule has 2 rings (SSSR count). The molecule has 0 atom stereocenters. The topological polar surface area (TPSA) is 35.0 Å². The van der Waals surface area contributed by atoms with Gasteiger partial charge in [0.05, 0.1) is 10.0 Å². The third kappa shape index (κ3) is 2.86. The molecule has 0 aliphatic rings. The van der Waals surface area contributed by atoms with Crippen LogP contribution >= 0.6 is 34.8 Å². The molecule has 0 bridgehead atoms. The molecule has 1 aromatic carbocycles. The van der Waals surface area contributed by atoms with Gasteiger partial charge < -0.3 is 4.74 Å². The van der Waals surface area contributed by atoms with Crippen LogP contribution in [0, 0.1) is 13.8 Å². The van der Waals surface area contributed by atoms with Gasteiger partial charge in [0, 0.05) is 11.6 Å². The molecule has 3 nitrogen and oxygen atoms in total. The molecule has 1 heterocycles. The van der Waals surface area contributed by atoms with E-state index in [-0.39, 0.29) is 0 Å². The summed E-state index contributed by atoms with van der Waals surface area (Å²) in [6.07, 6.45) is 0. The average Bonchev–Trinajstić information content (AvgIpc) is 2.30. The largest absolute Gasteiger partial charge is 0.439 e. The number of hydrogen-bond acceptors (Lipinski definition) is 3. The second kappa shape index (κ2) is 5.31. The molecule has 2 aromatic rings. The summed E-state index contributed by atoms with van der Waals surface area (Å²) in [6, 6.07) is 4.98. The Bertz CT molecular complexity index is 602. The lowest BCUT2D eigenvalue weighted by molar-refractivity contribution is 0.455. The van der Waals surface area contributed by atoms with Crippen molar-refractivity contribution in [2.24, 2.45) is 0 Å². The number of halogens is 3. The van der Waals surface area contributed by atoms with Crippen molar-refractivity contribution >= 4 is 34.8 Å². The van der Waals surface area contributed by atoms with E-state index in [1.54, 1.807) is 32.0 Å². The van der Waals surface area contributed by atoms with Crippen molar-refractivity contribution in [2.45, 2.75) is 13.8 Å². The van der Waals surface area contributed by atoms with Crippen molar-refractivity contribution < 1.29 is 4.74 Å². The van der Waals surface area contributed by atoms with Gasteiger partial charge in [0.25, 0.3) is 0 Å². The molecule has 0 aliphatic heterocycles. The number of benzene rings is 1. The van der Waals surface area contributed by atoms with Crippen LogP contribution in [-0.4, -0.2) is 9.97 Å². The van der Waals surface area contributed by atoms with Gasteiger partial charge >= 0.3 is 0 Å². The second-order valence-corrected chi connectivity index (χ2v) is 4.84. The first kappa shape index (κ1) is 13.4. The molecule has 0 fully saturated rings. The Labute approximate surface area is 120 Å². The van der Waals surface area contributed by atoms with Crippen LogP contribution in [-0.2, 0) is 0 Å². The summed E-state index contributed by atoms with van der Waals surface area (Å²) in [7, 11) is 0. The Morgan fingerprint density at radius 3 is 2.39 bits per heavy atom. The second-order valence-electron chi connectivity index (χ2n) is 3.67. The summed E-state index contributed by atoms with van der Waals surface area (Å²) >= 11 is 17.7. The van der Waals surface area contributed by atoms with E-state index in [4.69, 9.17) is 39.5 Å². The molecular formula is C12H9Cl3N2O. The van der Waals surface area contributed by atoms with Crippen molar-refractivity contribution in [2.75, 3.05) is 0 Å². The lowest BCUT2D eigenvalue weighted by atomic mass is 10.3. The van der Waals surface area contributed by atoms with Crippen LogP contribution in [0.15, 0.2) is 18.2 Å². The Morgan fingerprint density at radius 1 is 1.00 bits per heavy atom.